The van der Waals surface area contributed by atoms with Gasteiger partial charge in [-0.05, 0) is 48.4 Å². The van der Waals surface area contributed by atoms with Gasteiger partial charge in [0.25, 0.3) is 5.91 Å². The molecule has 3 rings (SSSR count). The van der Waals surface area contributed by atoms with Crippen LogP contribution in [0.5, 0.6) is 0 Å². The second-order valence-electron chi connectivity index (χ2n) is 7.41. The first-order chi connectivity index (χ1) is 14.3. The molecule has 2 aromatic carbocycles. The van der Waals surface area contributed by atoms with Gasteiger partial charge in [-0.25, -0.2) is 8.42 Å². The number of hydrogen-bond donors (Lipinski definition) is 1. The largest absolute Gasteiger partial charge is 0.354 e. The zero-order valence-electron chi connectivity index (χ0n) is 17.1. The molecule has 0 saturated carbocycles. The van der Waals surface area contributed by atoms with Crippen LogP contribution in [0.2, 0.25) is 0 Å². The van der Waals surface area contributed by atoms with Gasteiger partial charge in [0, 0.05) is 29.8 Å². The highest BCUT2D eigenvalue weighted by molar-refractivity contribution is 7.98. The van der Waals surface area contributed by atoms with E-state index in [1.54, 1.807) is 23.9 Å². The molecule has 2 aromatic rings. The Morgan fingerprint density at radius 1 is 1.17 bits per heavy atom. The summed E-state index contributed by atoms with van der Waals surface area (Å²) < 4.78 is 23.4. The van der Waals surface area contributed by atoms with Gasteiger partial charge >= 0.3 is 0 Å². The Bertz CT molecular complexity index is 1020. The molecule has 0 radical (unpaired) electrons. The van der Waals surface area contributed by atoms with Gasteiger partial charge < -0.3 is 10.2 Å². The molecule has 0 spiro atoms. The summed E-state index contributed by atoms with van der Waals surface area (Å²) >= 11 is 1.67. The van der Waals surface area contributed by atoms with Crippen molar-refractivity contribution in [2.24, 2.45) is 0 Å². The third-order valence-electron chi connectivity index (χ3n) is 5.16. The summed E-state index contributed by atoms with van der Waals surface area (Å²) in [6.07, 6.45) is 3.89. The van der Waals surface area contributed by atoms with Crippen molar-refractivity contribution < 1.29 is 18.0 Å². The lowest BCUT2D eigenvalue weighted by atomic mass is 10.1. The highest BCUT2D eigenvalue weighted by Crippen LogP contribution is 2.25. The predicted octanol–water partition coefficient (Wildman–Crippen LogP) is 2.53. The molecule has 160 valence electrons. The van der Waals surface area contributed by atoms with E-state index in [-0.39, 0.29) is 24.0 Å². The minimum Gasteiger partial charge on any atom is -0.354 e. The number of rotatable bonds is 9. The lowest BCUT2D eigenvalue weighted by Gasteiger charge is -2.26. The molecule has 1 atom stereocenters. The van der Waals surface area contributed by atoms with Gasteiger partial charge in [0.2, 0.25) is 5.91 Å². The van der Waals surface area contributed by atoms with E-state index in [9.17, 15) is 18.0 Å². The molecule has 0 saturated heterocycles. The van der Waals surface area contributed by atoms with Crippen molar-refractivity contribution in [3.63, 3.8) is 0 Å². The fourth-order valence-electron chi connectivity index (χ4n) is 3.52. The Morgan fingerprint density at radius 2 is 1.87 bits per heavy atom. The molecule has 0 aromatic heterocycles. The normalized spacial score (nSPS) is 14.5. The molecule has 6 nitrogen and oxygen atoms in total. The number of sulfone groups is 1. The zero-order valence-corrected chi connectivity index (χ0v) is 18.8. The molecule has 1 unspecified atom stereocenters. The van der Waals surface area contributed by atoms with Gasteiger partial charge in [-0.1, -0.05) is 30.3 Å². The van der Waals surface area contributed by atoms with Gasteiger partial charge in [-0.2, -0.15) is 0 Å². The van der Waals surface area contributed by atoms with Crippen LogP contribution < -0.4 is 5.32 Å². The third kappa shape index (κ3) is 5.64. The summed E-state index contributed by atoms with van der Waals surface area (Å²) in [5, 5.41) is 2.89. The van der Waals surface area contributed by atoms with Gasteiger partial charge in [-0.15, -0.1) is 11.8 Å². The van der Waals surface area contributed by atoms with Crippen molar-refractivity contribution in [2.75, 3.05) is 24.8 Å². The van der Waals surface area contributed by atoms with Crippen LogP contribution in [0.3, 0.4) is 0 Å². The number of amides is 2. The molecule has 2 amide bonds. The first-order valence-corrected chi connectivity index (χ1v) is 13.0. The summed E-state index contributed by atoms with van der Waals surface area (Å²) in [7, 11) is -3.26. The Labute approximate surface area is 182 Å². The Kier molecular flexibility index (Phi) is 7.20. The monoisotopic (exact) mass is 446 g/mol. The van der Waals surface area contributed by atoms with Gasteiger partial charge in [0.15, 0.2) is 0 Å². The van der Waals surface area contributed by atoms with Crippen molar-refractivity contribution in [2.45, 2.75) is 30.3 Å². The van der Waals surface area contributed by atoms with Gasteiger partial charge in [0.1, 0.15) is 15.9 Å². The molecule has 0 bridgehead atoms. The fourth-order valence-corrected chi connectivity index (χ4v) is 4.58. The molecule has 8 heteroatoms. The van der Waals surface area contributed by atoms with Crippen LogP contribution in [0.4, 0.5) is 0 Å². The molecule has 0 fully saturated rings. The Balaban J connectivity index is 1.67. The van der Waals surface area contributed by atoms with Crippen molar-refractivity contribution in [3.05, 3.63) is 65.2 Å². The maximum absolute atomic E-state index is 12.9. The third-order valence-corrected chi connectivity index (χ3v) is 6.88. The average molecular weight is 447 g/mol. The highest BCUT2D eigenvalue weighted by Gasteiger charge is 2.36. The average Bonchev–Trinajstić information content (AvgIpc) is 3.04. The van der Waals surface area contributed by atoms with E-state index in [0.29, 0.717) is 25.1 Å². The Hall–Kier alpha value is -2.32. The summed E-state index contributed by atoms with van der Waals surface area (Å²) in [6.45, 7) is 0.731. The number of thioether (sulfide) groups is 1. The van der Waals surface area contributed by atoms with Crippen LogP contribution in [0.25, 0.3) is 0 Å². The fraction of sp³-hybridized carbons (Fsp3) is 0.364. The lowest BCUT2D eigenvalue weighted by molar-refractivity contribution is -0.125. The van der Waals surface area contributed by atoms with E-state index >= 15 is 0 Å². The number of nitrogens with zero attached hydrogens (tertiary/aromatic N) is 1. The van der Waals surface area contributed by atoms with Gasteiger partial charge in [0.05, 0.1) is 5.75 Å². The van der Waals surface area contributed by atoms with Crippen molar-refractivity contribution in [1.82, 2.24) is 10.2 Å². The van der Waals surface area contributed by atoms with E-state index in [1.807, 2.05) is 42.7 Å². The minimum absolute atomic E-state index is 0.0762. The zero-order chi connectivity index (χ0) is 21.7. The number of benzene rings is 2. The Morgan fingerprint density at radius 3 is 2.50 bits per heavy atom. The van der Waals surface area contributed by atoms with Crippen LogP contribution >= 0.6 is 11.8 Å². The second kappa shape index (κ2) is 9.66. The maximum Gasteiger partial charge on any atom is 0.255 e. The van der Waals surface area contributed by atoms with Gasteiger partial charge in [-0.3, -0.25) is 9.59 Å². The summed E-state index contributed by atoms with van der Waals surface area (Å²) in [4.78, 5) is 28.4. The van der Waals surface area contributed by atoms with E-state index < -0.39 is 15.9 Å². The van der Waals surface area contributed by atoms with E-state index in [4.69, 9.17) is 0 Å². The first-order valence-electron chi connectivity index (χ1n) is 9.76. The smallest absolute Gasteiger partial charge is 0.255 e. The quantitative estimate of drug-likeness (QED) is 0.599. The lowest BCUT2D eigenvalue weighted by Crippen LogP contribution is -2.48. The van der Waals surface area contributed by atoms with E-state index in [0.717, 1.165) is 17.4 Å². The van der Waals surface area contributed by atoms with Crippen LogP contribution in [0.15, 0.2) is 53.4 Å². The van der Waals surface area contributed by atoms with Crippen molar-refractivity contribution >= 4 is 33.4 Å². The number of carbonyl (C=O) groups is 2. The summed E-state index contributed by atoms with van der Waals surface area (Å²) in [6, 6.07) is 14.5. The second-order valence-corrected chi connectivity index (χ2v) is 10.6. The van der Waals surface area contributed by atoms with Crippen LogP contribution in [-0.2, 0) is 27.6 Å². The molecular weight excluding hydrogens is 420 g/mol. The topological polar surface area (TPSA) is 83.6 Å². The van der Waals surface area contributed by atoms with Crippen LogP contribution in [0, 0.1) is 0 Å². The maximum atomic E-state index is 12.9. The minimum atomic E-state index is -3.26. The SMILES string of the molecule is CSc1ccc(CCNC(=O)C(CCS(C)(=O)=O)N2Cc3ccccc3C2=O)cc1. The molecule has 1 aliphatic heterocycles. The van der Waals surface area contributed by atoms with Crippen LogP contribution in [-0.4, -0.2) is 56.0 Å². The molecule has 30 heavy (non-hydrogen) atoms. The van der Waals surface area contributed by atoms with Crippen molar-refractivity contribution in [3.8, 4) is 0 Å². The van der Waals surface area contributed by atoms with Crippen LogP contribution in [0.1, 0.15) is 27.9 Å². The molecule has 0 aliphatic carbocycles. The number of carbonyl (C=O) groups excluding carboxylic acids is 2. The standard InChI is InChI=1S/C22H26N2O4S2/c1-29-18-9-7-16(8-10-18)11-13-23-21(25)20(12-14-30(2,27)28)24-15-17-5-3-4-6-19(17)22(24)26/h3-10,20H,11-15H2,1-2H3,(H,23,25). The van der Waals surface area contributed by atoms with E-state index in [2.05, 4.69) is 5.32 Å². The number of hydrogen-bond acceptors (Lipinski definition) is 5. The molecule has 1 N–H and O–H groups in total. The molecule has 1 heterocycles. The first kappa shape index (κ1) is 22.4. The molecular formula is C22H26N2O4S2. The van der Waals surface area contributed by atoms with Crippen molar-refractivity contribution in [1.29, 1.82) is 0 Å². The van der Waals surface area contributed by atoms with E-state index in [1.165, 1.54) is 9.80 Å². The highest BCUT2D eigenvalue weighted by atomic mass is 32.2. The number of fused-ring (bicyclic) bond motifs is 1. The molecule has 1 aliphatic rings. The predicted molar refractivity (Wildman–Crippen MR) is 119 cm³/mol. The summed E-state index contributed by atoms with van der Waals surface area (Å²) in [5.74, 6) is -0.700. The summed E-state index contributed by atoms with van der Waals surface area (Å²) in [5.41, 5.74) is 2.53. The number of nitrogens with one attached hydrogen (secondary N) is 1.